The standard InChI is InChI=1S/C47H57NO17/c1-24-28(61-41(57)36(62-32(53)20-19-31(51)52)34(26-15-11-9-12-16-26)48-42(58)65-43(3,4)5)22-47(59)39(63-40(56)27-17-13-10-14-18-27)37-45(8,38(55)35(54)33(24)44(47,6)7)29(50)21-30-46(37,23-60-30)64-25(2)49/h9-18,28-30,34-37,39,50,54,59H,19-23H2,1-8H3,(H,48,58)(H,51,52)/t28?,29-,30+,34-,35+,36+,37-,39-,45+,46-,47+/m0/s1. The van der Waals surface area contributed by atoms with Crippen molar-refractivity contribution in [1.29, 1.82) is 0 Å². The van der Waals surface area contributed by atoms with E-state index in [1.807, 2.05) is 0 Å². The molecular weight excluding hydrogens is 851 g/mol. The number of aliphatic hydroxyl groups is 3. The number of carbonyl (C=O) groups is 7. The molecule has 1 heterocycles. The Morgan fingerprint density at radius 1 is 0.923 bits per heavy atom. The van der Waals surface area contributed by atoms with Crippen LogP contribution in [0.5, 0.6) is 0 Å². The fourth-order valence-corrected chi connectivity index (χ4v) is 10.1. The van der Waals surface area contributed by atoms with Gasteiger partial charge in [-0.15, -0.1) is 0 Å². The minimum Gasteiger partial charge on any atom is -0.481 e. The Hall–Kier alpha value is -5.69. The van der Waals surface area contributed by atoms with Crippen LogP contribution in [0.2, 0.25) is 0 Å². The Kier molecular flexibility index (Phi) is 13.5. The molecule has 4 aliphatic rings. The molecule has 1 aliphatic heterocycles. The van der Waals surface area contributed by atoms with E-state index in [0.29, 0.717) is 0 Å². The average Bonchev–Trinajstić information content (AvgIpc) is 3.22. The maximum absolute atomic E-state index is 15.1. The first-order chi connectivity index (χ1) is 30.3. The van der Waals surface area contributed by atoms with E-state index in [0.717, 1.165) is 6.92 Å². The van der Waals surface area contributed by atoms with E-state index in [-0.39, 0.29) is 35.3 Å². The van der Waals surface area contributed by atoms with Gasteiger partial charge >= 0.3 is 35.9 Å². The van der Waals surface area contributed by atoms with Crippen LogP contribution in [0.4, 0.5) is 4.79 Å². The monoisotopic (exact) mass is 907 g/mol. The summed E-state index contributed by atoms with van der Waals surface area (Å²) < 4.78 is 35.5. The molecule has 2 saturated carbocycles. The van der Waals surface area contributed by atoms with Crippen LogP contribution in [0.15, 0.2) is 71.8 Å². The average molecular weight is 908 g/mol. The van der Waals surface area contributed by atoms with Crippen LogP contribution >= 0.6 is 0 Å². The number of benzene rings is 2. The maximum Gasteiger partial charge on any atom is 0.408 e. The van der Waals surface area contributed by atoms with Gasteiger partial charge < -0.3 is 54.2 Å². The minimum absolute atomic E-state index is 0.0334. The lowest BCUT2D eigenvalue weighted by atomic mass is 9.44. The summed E-state index contributed by atoms with van der Waals surface area (Å²) in [6.45, 7) is 11.4. The lowest BCUT2D eigenvalue weighted by Gasteiger charge is -2.67. The van der Waals surface area contributed by atoms with Crippen LogP contribution in [0.25, 0.3) is 0 Å². The summed E-state index contributed by atoms with van der Waals surface area (Å²) in [7, 11) is 0. The first kappa shape index (κ1) is 48.8. The first-order valence-electron chi connectivity index (χ1n) is 21.4. The van der Waals surface area contributed by atoms with Gasteiger partial charge in [0.2, 0.25) is 6.10 Å². The fraction of sp³-hybridized carbons (Fsp3) is 0.553. The number of carboxylic acids is 1. The Morgan fingerprint density at radius 2 is 1.54 bits per heavy atom. The molecule has 1 amide bonds. The number of Topliss-reactive ketones (excluding diaryl/α,β-unsaturated/α-hetero) is 1. The summed E-state index contributed by atoms with van der Waals surface area (Å²) >= 11 is 0. The Balaban J connectivity index is 1.52. The normalized spacial score (nSPS) is 31.2. The molecule has 18 heteroatoms. The second-order valence-corrected chi connectivity index (χ2v) is 18.9. The van der Waals surface area contributed by atoms with Crippen LogP contribution in [-0.2, 0) is 52.4 Å². The van der Waals surface area contributed by atoms with Crippen molar-refractivity contribution in [2.75, 3.05) is 6.61 Å². The van der Waals surface area contributed by atoms with Gasteiger partial charge in [-0.1, -0.05) is 62.4 Å². The van der Waals surface area contributed by atoms with E-state index < -0.39 is 137 Å². The molecule has 6 rings (SSSR count). The van der Waals surface area contributed by atoms with E-state index in [4.69, 9.17) is 28.4 Å². The SMILES string of the molecule is CC(=O)O[C@@]12CO[C@@H]1C[C@H](O)[C@@]1(C)C(=O)[C@H](O)C3=C(C)C(OC(=O)[C@H](OC(=O)CCC(=O)O)[C@@H](NC(=O)OC(C)(C)C)c4ccccc4)C[C@@](O)([C@@H](OC(=O)c4ccccc4)[C@H]21)C3(C)C. The van der Waals surface area contributed by atoms with Crippen molar-refractivity contribution < 1.29 is 82.4 Å². The summed E-state index contributed by atoms with van der Waals surface area (Å²) in [4.78, 5) is 95.2. The predicted molar refractivity (Wildman–Crippen MR) is 224 cm³/mol. The summed E-state index contributed by atoms with van der Waals surface area (Å²) in [5.74, 6) is -8.16. The number of rotatable bonds is 12. The van der Waals surface area contributed by atoms with Gasteiger partial charge in [-0.3, -0.25) is 19.2 Å². The number of ether oxygens (including phenoxy) is 6. The largest absolute Gasteiger partial charge is 0.481 e. The van der Waals surface area contributed by atoms with Crippen LogP contribution < -0.4 is 5.32 Å². The molecule has 0 radical (unpaired) electrons. The third-order valence-electron chi connectivity index (χ3n) is 13.3. The Bertz CT molecular complexity index is 2240. The highest BCUT2D eigenvalue weighted by atomic mass is 16.6. The number of esters is 4. The number of nitrogens with one attached hydrogen (secondary N) is 1. The molecule has 1 saturated heterocycles. The molecular formula is C47H57NO17. The van der Waals surface area contributed by atoms with Crippen molar-refractivity contribution in [2.24, 2.45) is 16.7 Å². The first-order valence-corrected chi connectivity index (χ1v) is 21.4. The van der Waals surface area contributed by atoms with Crippen molar-refractivity contribution in [3.05, 3.63) is 82.9 Å². The summed E-state index contributed by atoms with van der Waals surface area (Å²) in [6, 6.07) is 14.0. The number of fused-ring (bicyclic) bond motifs is 5. The van der Waals surface area contributed by atoms with E-state index in [9.17, 15) is 49.2 Å². The topological polar surface area (TPSA) is 268 Å². The highest BCUT2D eigenvalue weighted by Crippen LogP contribution is 2.64. The zero-order valence-electron chi connectivity index (χ0n) is 37.5. The van der Waals surface area contributed by atoms with Crippen molar-refractivity contribution in [3.8, 4) is 0 Å². The van der Waals surface area contributed by atoms with Gasteiger partial charge in [0.1, 0.15) is 41.7 Å². The number of hydrogen-bond donors (Lipinski definition) is 5. The van der Waals surface area contributed by atoms with Gasteiger partial charge in [-0.2, -0.15) is 0 Å². The smallest absolute Gasteiger partial charge is 0.408 e. The number of aliphatic carboxylic acids is 1. The van der Waals surface area contributed by atoms with E-state index in [1.54, 1.807) is 57.2 Å². The zero-order valence-corrected chi connectivity index (χ0v) is 37.5. The molecule has 0 spiro atoms. The second-order valence-electron chi connectivity index (χ2n) is 18.9. The molecule has 11 atom stereocenters. The molecule has 2 aromatic rings. The molecule has 65 heavy (non-hydrogen) atoms. The molecule has 3 aliphatic carbocycles. The summed E-state index contributed by atoms with van der Waals surface area (Å²) in [5, 5.41) is 49.8. The number of aliphatic hydroxyl groups excluding tert-OH is 2. The summed E-state index contributed by atoms with van der Waals surface area (Å²) in [5.41, 5.74) is -8.90. The van der Waals surface area contributed by atoms with Gasteiger partial charge in [-0.05, 0) is 63.5 Å². The molecule has 3 fully saturated rings. The Morgan fingerprint density at radius 3 is 2.09 bits per heavy atom. The zero-order chi connectivity index (χ0) is 48.0. The van der Waals surface area contributed by atoms with Gasteiger partial charge in [-0.25, -0.2) is 14.4 Å². The third kappa shape index (κ3) is 9.00. The lowest BCUT2D eigenvalue weighted by molar-refractivity contribution is -0.346. The quantitative estimate of drug-likeness (QED) is 0.116. The van der Waals surface area contributed by atoms with Gasteiger partial charge in [0.15, 0.2) is 11.4 Å². The van der Waals surface area contributed by atoms with Crippen molar-refractivity contribution >= 4 is 41.7 Å². The van der Waals surface area contributed by atoms with Gasteiger partial charge in [0, 0.05) is 25.2 Å². The minimum atomic E-state index is -2.46. The maximum atomic E-state index is 15.1. The number of carbonyl (C=O) groups excluding carboxylic acids is 6. The number of carboxylic acid groups (broad SMARTS) is 1. The highest BCUT2D eigenvalue weighted by Gasteiger charge is 2.78. The van der Waals surface area contributed by atoms with E-state index in [2.05, 4.69) is 5.32 Å². The number of alkyl carbamates (subject to hydrolysis) is 1. The molecule has 1 unspecified atom stereocenters. The molecule has 0 aromatic heterocycles. The van der Waals surface area contributed by atoms with Crippen LogP contribution in [0, 0.1) is 16.7 Å². The Labute approximate surface area is 375 Å². The van der Waals surface area contributed by atoms with Crippen molar-refractivity contribution in [3.63, 3.8) is 0 Å². The second kappa shape index (κ2) is 17.9. The van der Waals surface area contributed by atoms with Crippen LogP contribution in [-0.4, -0.2) is 122 Å². The lowest BCUT2D eigenvalue weighted by Crippen LogP contribution is -2.81. The van der Waals surface area contributed by atoms with Crippen molar-refractivity contribution in [1.82, 2.24) is 5.32 Å². The fourth-order valence-electron chi connectivity index (χ4n) is 10.1. The predicted octanol–water partition coefficient (Wildman–Crippen LogP) is 3.68. The third-order valence-corrected chi connectivity index (χ3v) is 13.3. The molecule has 18 nitrogen and oxygen atoms in total. The molecule has 2 bridgehead atoms. The van der Waals surface area contributed by atoms with E-state index >= 15 is 4.79 Å². The van der Waals surface area contributed by atoms with Gasteiger partial charge in [0.05, 0.1) is 42.4 Å². The highest BCUT2D eigenvalue weighted by molar-refractivity contribution is 5.94. The number of ketones is 1. The molecule has 5 N–H and O–H groups in total. The van der Waals surface area contributed by atoms with Crippen LogP contribution in [0.1, 0.15) is 103 Å². The van der Waals surface area contributed by atoms with E-state index in [1.165, 1.54) is 52.0 Å². The molecule has 2 aromatic carbocycles. The number of hydrogen-bond acceptors (Lipinski definition) is 16. The number of amides is 1. The molecule has 352 valence electrons. The van der Waals surface area contributed by atoms with Crippen molar-refractivity contribution in [2.45, 2.75) is 141 Å². The van der Waals surface area contributed by atoms with Gasteiger partial charge in [0.25, 0.3) is 0 Å². The van der Waals surface area contributed by atoms with Crippen LogP contribution in [0.3, 0.4) is 0 Å². The summed E-state index contributed by atoms with van der Waals surface area (Å²) in [6.07, 6.45) is -13.5.